The normalized spacial score (nSPS) is 15.7. The zero-order valence-corrected chi connectivity index (χ0v) is 18.1. The molecule has 0 saturated carbocycles. The minimum absolute atomic E-state index is 0.181. The van der Waals surface area contributed by atoms with Crippen molar-refractivity contribution < 1.29 is 13.9 Å². The summed E-state index contributed by atoms with van der Waals surface area (Å²) in [6.07, 6.45) is 1.43. The number of piperidine rings is 1. The highest BCUT2D eigenvalue weighted by molar-refractivity contribution is 5.86. The van der Waals surface area contributed by atoms with Crippen molar-refractivity contribution in [2.45, 2.75) is 58.3 Å². The molecule has 1 aliphatic heterocycles. The number of para-hydroxylation sites is 1. The van der Waals surface area contributed by atoms with Crippen molar-refractivity contribution in [2.24, 2.45) is 0 Å². The third kappa shape index (κ3) is 6.82. The monoisotopic (exact) mass is 413 g/mol. The standard InChI is InChI=1S/C24H32FN3O2/c1-24(2,3)30-23(29)27-22-19(10-7-11-21(22)25)16-26-20-12-14-28(15-13-20)17-18-8-5-4-6-9-18/h4-11,20,26H,12-17H2,1-3H3,(H,27,29). The Bertz CT molecular complexity index is 828. The van der Waals surface area contributed by atoms with Crippen molar-refractivity contribution in [3.8, 4) is 0 Å². The second-order valence-electron chi connectivity index (χ2n) is 8.82. The molecule has 30 heavy (non-hydrogen) atoms. The number of halogens is 1. The summed E-state index contributed by atoms with van der Waals surface area (Å²) in [6, 6.07) is 15.7. The van der Waals surface area contributed by atoms with Crippen LogP contribution in [-0.2, 0) is 17.8 Å². The van der Waals surface area contributed by atoms with Crippen LogP contribution in [0.5, 0.6) is 0 Å². The number of hydrogen-bond acceptors (Lipinski definition) is 4. The maximum absolute atomic E-state index is 14.4. The molecule has 1 fully saturated rings. The third-order valence-corrected chi connectivity index (χ3v) is 5.14. The molecule has 6 heteroatoms. The Morgan fingerprint density at radius 3 is 2.47 bits per heavy atom. The number of nitrogens with one attached hydrogen (secondary N) is 2. The summed E-state index contributed by atoms with van der Waals surface area (Å²) in [5.74, 6) is -0.460. The number of rotatable bonds is 6. The number of amides is 1. The van der Waals surface area contributed by atoms with E-state index in [1.807, 2.05) is 12.1 Å². The maximum atomic E-state index is 14.4. The summed E-state index contributed by atoms with van der Waals surface area (Å²) < 4.78 is 19.6. The van der Waals surface area contributed by atoms with Crippen molar-refractivity contribution in [3.05, 3.63) is 65.5 Å². The Kier molecular flexibility index (Phi) is 7.45. The predicted molar refractivity (Wildman–Crippen MR) is 118 cm³/mol. The molecular weight excluding hydrogens is 381 g/mol. The van der Waals surface area contributed by atoms with Gasteiger partial charge in [-0.15, -0.1) is 0 Å². The largest absolute Gasteiger partial charge is 0.444 e. The number of carbonyl (C=O) groups is 1. The van der Waals surface area contributed by atoms with Gasteiger partial charge in [0.15, 0.2) is 0 Å². The van der Waals surface area contributed by atoms with Gasteiger partial charge in [-0.25, -0.2) is 9.18 Å². The summed E-state index contributed by atoms with van der Waals surface area (Å²) in [4.78, 5) is 14.6. The van der Waals surface area contributed by atoms with Gasteiger partial charge in [-0.05, 0) is 63.9 Å². The molecule has 0 bridgehead atoms. The van der Waals surface area contributed by atoms with E-state index in [9.17, 15) is 9.18 Å². The molecule has 0 aliphatic carbocycles. The number of benzene rings is 2. The Morgan fingerprint density at radius 2 is 1.80 bits per heavy atom. The lowest BCUT2D eigenvalue weighted by Crippen LogP contribution is -2.42. The first-order chi connectivity index (χ1) is 14.3. The second-order valence-corrected chi connectivity index (χ2v) is 8.82. The first-order valence-corrected chi connectivity index (χ1v) is 10.6. The average Bonchev–Trinajstić information content (AvgIpc) is 2.69. The smallest absolute Gasteiger partial charge is 0.412 e. The summed E-state index contributed by atoms with van der Waals surface area (Å²) in [5.41, 5.74) is 1.59. The van der Waals surface area contributed by atoms with Crippen LogP contribution in [-0.4, -0.2) is 35.7 Å². The first-order valence-electron chi connectivity index (χ1n) is 10.6. The average molecular weight is 414 g/mol. The van der Waals surface area contributed by atoms with Gasteiger partial charge >= 0.3 is 6.09 Å². The SMILES string of the molecule is CC(C)(C)OC(=O)Nc1c(F)cccc1CNC1CCN(Cc2ccccc2)CC1. The van der Waals surface area contributed by atoms with E-state index in [-0.39, 0.29) is 5.69 Å². The van der Waals surface area contributed by atoms with E-state index in [0.717, 1.165) is 32.5 Å². The lowest BCUT2D eigenvalue weighted by molar-refractivity contribution is 0.0635. The van der Waals surface area contributed by atoms with Gasteiger partial charge < -0.3 is 10.1 Å². The highest BCUT2D eigenvalue weighted by atomic mass is 19.1. The van der Waals surface area contributed by atoms with E-state index in [2.05, 4.69) is 39.8 Å². The van der Waals surface area contributed by atoms with Gasteiger partial charge in [-0.3, -0.25) is 10.2 Å². The summed E-state index contributed by atoms with van der Waals surface area (Å²) in [6.45, 7) is 8.85. The molecule has 0 aromatic heterocycles. The van der Waals surface area contributed by atoms with Gasteiger partial charge in [-0.1, -0.05) is 42.5 Å². The molecule has 1 amide bonds. The van der Waals surface area contributed by atoms with E-state index in [4.69, 9.17) is 4.74 Å². The molecule has 2 aromatic rings. The highest BCUT2D eigenvalue weighted by Crippen LogP contribution is 2.22. The van der Waals surface area contributed by atoms with Crippen LogP contribution in [0.3, 0.4) is 0 Å². The summed E-state index contributed by atoms with van der Waals surface area (Å²) in [7, 11) is 0. The molecular formula is C24H32FN3O2. The fourth-order valence-electron chi connectivity index (χ4n) is 3.65. The first kappa shape index (κ1) is 22.2. The molecule has 2 aromatic carbocycles. The van der Waals surface area contributed by atoms with Crippen LogP contribution in [0.1, 0.15) is 44.7 Å². The molecule has 0 spiro atoms. The number of carbonyl (C=O) groups excluding carboxylic acids is 1. The van der Waals surface area contributed by atoms with Crippen LogP contribution in [0, 0.1) is 5.82 Å². The second kappa shape index (κ2) is 10.0. The number of ether oxygens (including phenoxy) is 1. The molecule has 162 valence electrons. The van der Waals surface area contributed by atoms with Crippen molar-refractivity contribution in [3.63, 3.8) is 0 Å². The van der Waals surface area contributed by atoms with E-state index in [0.29, 0.717) is 18.2 Å². The van der Waals surface area contributed by atoms with E-state index in [1.165, 1.54) is 11.6 Å². The Labute approximate surface area is 178 Å². The van der Waals surface area contributed by atoms with Crippen molar-refractivity contribution >= 4 is 11.8 Å². The lowest BCUT2D eigenvalue weighted by Gasteiger charge is -2.32. The minimum Gasteiger partial charge on any atom is -0.444 e. The number of likely N-dealkylation sites (tertiary alicyclic amines) is 1. The maximum Gasteiger partial charge on any atom is 0.412 e. The molecule has 1 aliphatic rings. The molecule has 3 rings (SSSR count). The predicted octanol–water partition coefficient (Wildman–Crippen LogP) is 4.93. The van der Waals surface area contributed by atoms with E-state index in [1.54, 1.807) is 26.8 Å². The fraction of sp³-hybridized carbons (Fsp3) is 0.458. The molecule has 2 N–H and O–H groups in total. The van der Waals surface area contributed by atoms with Crippen LogP contribution in [0.2, 0.25) is 0 Å². The number of anilines is 1. The van der Waals surface area contributed by atoms with Crippen LogP contribution in [0.25, 0.3) is 0 Å². The van der Waals surface area contributed by atoms with Crippen molar-refractivity contribution in [2.75, 3.05) is 18.4 Å². The van der Waals surface area contributed by atoms with Crippen molar-refractivity contribution in [1.29, 1.82) is 0 Å². The van der Waals surface area contributed by atoms with Crippen molar-refractivity contribution in [1.82, 2.24) is 10.2 Å². The third-order valence-electron chi connectivity index (χ3n) is 5.14. The van der Waals surface area contributed by atoms with Crippen LogP contribution >= 0.6 is 0 Å². The molecule has 5 nitrogen and oxygen atoms in total. The molecule has 0 atom stereocenters. The number of hydrogen-bond donors (Lipinski definition) is 2. The zero-order valence-electron chi connectivity index (χ0n) is 18.1. The Hall–Kier alpha value is -2.44. The Balaban J connectivity index is 1.51. The molecule has 0 unspecified atom stereocenters. The molecule has 1 saturated heterocycles. The molecule has 1 heterocycles. The fourth-order valence-corrected chi connectivity index (χ4v) is 3.65. The number of nitrogens with zero attached hydrogens (tertiary/aromatic N) is 1. The van der Waals surface area contributed by atoms with Gasteiger partial charge in [0.1, 0.15) is 11.4 Å². The summed E-state index contributed by atoms with van der Waals surface area (Å²) in [5, 5.41) is 6.10. The van der Waals surface area contributed by atoms with Gasteiger partial charge in [0.2, 0.25) is 0 Å². The van der Waals surface area contributed by atoms with E-state index < -0.39 is 17.5 Å². The van der Waals surface area contributed by atoms with Crippen LogP contribution in [0.4, 0.5) is 14.9 Å². The quantitative estimate of drug-likeness (QED) is 0.705. The van der Waals surface area contributed by atoms with Gasteiger partial charge in [0, 0.05) is 19.1 Å². The molecule has 0 radical (unpaired) electrons. The van der Waals surface area contributed by atoms with Gasteiger partial charge in [0.25, 0.3) is 0 Å². The summed E-state index contributed by atoms with van der Waals surface area (Å²) >= 11 is 0. The highest BCUT2D eigenvalue weighted by Gasteiger charge is 2.21. The topological polar surface area (TPSA) is 53.6 Å². The minimum atomic E-state index is -0.650. The zero-order chi connectivity index (χ0) is 21.6. The van der Waals surface area contributed by atoms with Crippen LogP contribution in [0.15, 0.2) is 48.5 Å². The van der Waals surface area contributed by atoms with Gasteiger partial charge in [0.05, 0.1) is 5.69 Å². The Morgan fingerprint density at radius 1 is 1.10 bits per heavy atom. The van der Waals surface area contributed by atoms with E-state index >= 15 is 0 Å². The van der Waals surface area contributed by atoms with Crippen LogP contribution < -0.4 is 10.6 Å². The van der Waals surface area contributed by atoms with Gasteiger partial charge in [-0.2, -0.15) is 0 Å². The lowest BCUT2D eigenvalue weighted by atomic mass is 10.0.